The highest BCUT2D eigenvalue weighted by atomic mass is 79.9. The van der Waals surface area contributed by atoms with Crippen molar-refractivity contribution in [1.29, 1.82) is 0 Å². The summed E-state index contributed by atoms with van der Waals surface area (Å²) in [6, 6.07) is 5.32. The van der Waals surface area contributed by atoms with Crippen LogP contribution in [0.25, 0.3) is 0 Å². The first-order valence-corrected chi connectivity index (χ1v) is 6.48. The maximum Gasteiger partial charge on any atom is 0.401 e. The van der Waals surface area contributed by atoms with E-state index in [-0.39, 0.29) is 12.6 Å². The van der Waals surface area contributed by atoms with Gasteiger partial charge in [-0.1, -0.05) is 15.9 Å². The third-order valence-corrected chi connectivity index (χ3v) is 3.27. The van der Waals surface area contributed by atoms with E-state index in [9.17, 15) is 13.2 Å². The van der Waals surface area contributed by atoms with Gasteiger partial charge in [-0.05, 0) is 36.6 Å². The molecule has 2 rings (SSSR count). The SMILES string of the molecule is Nc1cc(Br)cc(CN(CC(F)(F)F)C2CC2)c1. The molecule has 18 heavy (non-hydrogen) atoms. The number of hydrogen-bond donors (Lipinski definition) is 1. The molecule has 0 atom stereocenters. The molecule has 1 aromatic carbocycles. The summed E-state index contributed by atoms with van der Waals surface area (Å²) < 4.78 is 38.2. The van der Waals surface area contributed by atoms with E-state index in [1.807, 2.05) is 6.07 Å². The predicted molar refractivity (Wildman–Crippen MR) is 68.0 cm³/mol. The molecule has 0 spiro atoms. The van der Waals surface area contributed by atoms with Crippen LogP contribution in [-0.4, -0.2) is 23.7 Å². The Kier molecular flexibility index (Phi) is 3.87. The second-order valence-corrected chi connectivity index (χ2v) is 5.56. The van der Waals surface area contributed by atoms with Crippen LogP contribution in [0.3, 0.4) is 0 Å². The van der Waals surface area contributed by atoms with Crippen LogP contribution in [0.4, 0.5) is 18.9 Å². The number of rotatable bonds is 4. The molecule has 6 heteroatoms. The Hall–Kier alpha value is -0.750. The molecule has 0 unspecified atom stereocenters. The first-order valence-electron chi connectivity index (χ1n) is 5.69. The van der Waals surface area contributed by atoms with E-state index < -0.39 is 12.7 Å². The molecule has 1 fully saturated rings. The lowest BCUT2D eigenvalue weighted by Crippen LogP contribution is -2.35. The van der Waals surface area contributed by atoms with Crippen molar-refractivity contribution >= 4 is 21.6 Å². The van der Waals surface area contributed by atoms with E-state index in [0.29, 0.717) is 5.69 Å². The van der Waals surface area contributed by atoms with Gasteiger partial charge in [0.25, 0.3) is 0 Å². The summed E-state index contributed by atoms with van der Waals surface area (Å²) in [7, 11) is 0. The van der Waals surface area contributed by atoms with Gasteiger partial charge in [-0.15, -0.1) is 0 Å². The number of nitrogen functional groups attached to an aromatic ring is 1. The van der Waals surface area contributed by atoms with Gasteiger partial charge in [0, 0.05) is 22.7 Å². The molecule has 0 heterocycles. The molecule has 0 saturated heterocycles. The molecular weight excluding hydrogens is 309 g/mol. The van der Waals surface area contributed by atoms with Gasteiger partial charge in [0.15, 0.2) is 0 Å². The fourth-order valence-corrected chi connectivity index (χ4v) is 2.54. The average Bonchev–Trinajstić information content (AvgIpc) is 2.94. The summed E-state index contributed by atoms with van der Waals surface area (Å²) in [5.74, 6) is 0. The van der Waals surface area contributed by atoms with Crippen molar-refractivity contribution in [3.8, 4) is 0 Å². The second kappa shape index (κ2) is 5.09. The van der Waals surface area contributed by atoms with E-state index in [1.54, 1.807) is 12.1 Å². The Balaban J connectivity index is 2.08. The van der Waals surface area contributed by atoms with Crippen LogP contribution >= 0.6 is 15.9 Å². The summed E-state index contributed by atoms with van der Waals surface area (Å²) in [6.07, 6.45) is -2.46. The smallest absolute Gasteiger partial charge is 0.399 e. The van der Waals surface area contributed by atoms with Crippen LogP contribution in [0.15, 0.2) is 22.7 Å². The summed E-state index contributed by atoms with van der Waals surface area (Å²) in [5.41, 5.74) is 7.04. The molecule has 0 radical (unpaired) electrons. The molecule has 2 nitrogen and oxygen atoms in total. The lowest BCUT2D eigenvalue weighted by Gasteiger charge is -2.23. The standard InChI is InChI=1S/C12H14BrF3N2/c13-9-3-8(4-10(17)5-9)6-18(11-1-2-11)7-12(14,15)16/h3-5,11H,1-2,6-7,17H2. The minimum Gasteiger partial charge on any atom is -0.399 e. The molecule has 100 valence electrons. The zero-order valence-corrected chi connectivity index (χ0v) is 11.3. The minimum absolute atomic E-state index is 0.0619. The van der Waals surface area contributed by atoms with Crippen molar-refractivity contribution in [2.24, 2.45) is 0 Å². The fraction of sp³-hybridized carbons (Fsp3) is 0.500. The summed E-state index contributed by atoms with van der Waals surface area (Å²) in [5, 5.41) is 0. The number of nitrogens with zero attached hydrogens (tertiary/aromatic N) is 1. The van der Waals surface area contributed by atoms with Gasteiger partial charge < -0.3 is 5.73 Å². The molecule has 1 aromatic rings. The molecule has 1 aliphatic carbocycles. The number of nitrogens with two attached hydrogens (primary N) is 1. The Morgan fingerprint density at radius 1 is 1.28 bits per heavy atom. The van der Waals surface area contributed by atoms with Crippen LogP contribution in [0, 0.1) is 0 Å². The molecule has 0 aromatic heterocycles. The zero-order valence-electron chi connectivity index (χ0n) is 9.67. The van der Waals surface area contributed by atoms with Crippen LogP contribution in [0.1, 0.15) is 18.4 Å². The number of alkyl halides is 3. The van der Waals surface area contributed by atoms with Gasteiger partial charge in [0.1, 0.15) is 0 Å². The maximum absolute atomic E-state index is 12.5. The van der Waals surface area contributed by atoms with E-state index in [4.69, 9.17) is 5.73 Å². The van der Waals surface area contributed by atoms with E-state index in [0.717, 1.165) is 22.9 Å². The quantitative estimate of drug-likeness (QED) is 0.859. The lowest BCUT2D eigenvalue weighted by molar-refractivity contribution is -0.148. The number of halogens is 4. The number of hydrogen-bond acceptors (Lipinski definition) is 2. The monoisotopic (exact) mass is 322 g/mol. The van der Waals surface area contributed by atoms with Gasteiger partial charge in [-0.25, -0.2) is 0 Å². The highest BCUT2D eigenvalue weighted by Gasteiger charge is 2.37. The molecule has 0 aliphatic heterocycles. The molecule has 1 saturated carbocycles. The second-order valence-electron chi connectivity index (χ2n) is 4.64. The molecule has 0 amide bonds. The predicted octanol–water partition coefficient (Wildman–Crippen LogP) is 3.56. The molecule has 2 N–H and O–H groups in total. The van der Waals surface area contributed by atoms with E-state index in [2.05, 4.69) is 15.9 Å². The van der Waals surface area contributed by atoms with Crippen molar-refractivity contribution in [2.75, 3.05) is 12.3 Å². The fourth-order valence-electron chi connectivity index (χ4n) is 1.99. The van der Waals surface area contributed by atoms with Gasteiger partial charge >= 0.3 is 6.18 Å². The molecule has 1 aliphatic rings. The topological polar surface area (TPSA) is 29.3 Å². The van der Waals surface area contributed by atoms with Crippen molar-refractivity contribution in [3.63, 3.8) is 0 Å². The summed E-state index contributed by atoms with van der Waals surface area (Å²) in [6.45, 7) is -0.572. The molecular formula is C12H14BrF3N2. The average molecular weight is 323 g/mol. The van der Waals surface area contributed by atoms with E-state index in [1.165, 1.54) is 4.90 Å². The highest BCUT2D eigenvalue weighted by Crippen LogP contribution is 2.32. The van der Waals surface area contributed by atoms with Gasteiger partial charge in [0.05, 0.1) is 6.54 Å². The lowest BCUT2D eigenvalue weighted by atomic mass is 10.2. The van der Waals surface area contributed by atoms with Crippen LogP contribution in [0.2, 0.25) is 0 Å². The zero-order chi connectivity index (χ0) is 13.3. The normalized spacial score (nSPS) is 16.3. The Labute approximate surface area is 112 Å². The van der Waals surface area contributed by atoms with Gasteiger partial charge in [0.2, 0.25) is 0 Å². The first kappa shape index (κ1) is 13.7. The highest BCUT2D eigenvalue weighted by molar-refractivity contribution is 9.10. The van der Waals surface area contributed by atoms with E-state index >= 15 is 0 Å². The summed E-state index contributed by atoms with van der Waals surface area (Å²) in [4.78, 5) is 1.47. The van der Waals surface area contributed by atoms with Crippen molar-refractivity contribution < 1.29 is 13.2 Å². The minimum atomic E-state index is -4.15. The van der Waals surface area contributed by atoms with Crippen molar-refractivity contribution in [3.05, 3.63) is 28.2 Å². The molecule has 0 bridgehead atoms. The van der Waals surface area contributed by atoms with Gasteiger partial charge in [-0.3, -0.25) is 4.90 Å². The van der Waals surface area contributed by atoms with Crippen LogP contribution in [0.5, 0.6) is 0 Å². The van der Waals surface area contributed by atoms with Crippen molar-refractivity contribution in [2.45, 2.75) is 31.6 Å². The number of benzene rings is 1. The Morgan fingerprint density at radius 2 is 1.94 bits per heavy atom. The van der Waals surface area contributed by atoms with Crippen LogP contribution < -0.4 is 5.73 Å². The van der Waals surface area contributed by atoms with Gasteiger partial charge in [-0.2, -0.15) is 13.2 Å². The summed E-state index contributed by atoms with van der Waals surface area (Å²) >= 11 is 3.30. The Morgan fingerprint density at radius 3 is 2.44 bits per heavy atom. The van der Waals surface area contributed by atoms with Crippen molar-refractivity contribution in [1.82, 2.24) is 4.90 Å². The third kappa shape index (κ3) is 4.17. The number of anilines is 1. The third-order valence-electron chi connectivity index (χ3n) is 2.81. The Bertz CT molecular complexity index is 410. The maximum atomic E-state index is 12.5. The first-order chi connectivity index (χ1) is 8.33. The largest absolute Gasteiger partial charge is 0.401 e. The van der Waals surface area contributed by atoms with Crippen LogP contribution in [-0.2, 0) is 6.54 Å².